The number of benzene rings is 1. The number of alkyl halides is 3. The summed E-state index contributed by atoms with van der Waals surface area (Å²) in [6.07, 6.45) is -4.00. The molecule has 114 valence electrons. The van der Waals surface area contributed by atoms with Crippen molar-refractivity contribution >= 4 is 28.3 Å². The average molecular weight is 385 g/mol. The predicted octanol–water partition coefficient (Wildman–Crippen LogP) is 4.13. The van der Waals surface area contributed by atoms with Crippen LogP contribution in [0.3, 0.4) is 0 Å². The zero-order chi connectivity index (χ0) is 15.8. The molecule has 9 heteroatoms. The normalized spacial score (nSPS) is 15.0. The van der Waals surface area contributed by atoms with Crippen LogP contribution in [0.15, 0.2) is 34.9 Å². The van der Waals surface area contributed by atoms with Gasteiger partial charge in [0.1, 0.15) is 0 Å². The number of hydrogen-bond donors (Lipinski definition) is 1. The van der Waals surface area contributed by atoms with Crippen molar-refractivity contribution in [2.24, 2.45) is 0 Å². The lowest BCUT2D eigenvalue weighted by molar-refractivity contribution is -0.251. The van der Waals surface area contributed by atoms with Crippen LogP contribution in [0.4, 0.5) is 17.1 Å². The van der Waals surface area contributed by atoms with Crippen LogP contribution in [0.5, 0.6) is 0 Å². The number of aliphatic hydroxyl groups is 1. The molecule has 0 fully saturated rings. The zero-order valence-corrected chi connectivity index (χ0v) is 12.9. The third-order valence-electron chi connectivity index (χ3n) is 2.95. The van der Waals surface area contributed by atoms with E-state index in [9.17, 15) is 22.2 Å². The SMILES string of the molecule is Cc1cnc(C(O)(c2ccc(Br)cc2)C(F)(F)F)n1SF. The van der Waals surface area contributed by atoms with Crippen molar-refractivity contribution in [3.8, 4) is 0 Å². The molecule has 0 spiro atoms. The lowest BCUT2D eigenvalue weighted by atomic mass is 9.92. The maximum absolute atomic E-state index is 13.5. The van der Waals surface area contributed by atoms with Gasteiger partial charge in [0.05, 0.1) is 0 Å². The molecule has 0 aliphatic heterocycles. The summed E-state index contributed by atoms with van der Waals surface area (Å²) in [6.45, 7) is 1.39. The molecule has 21 heavy (non-hydrogen) atoms. The number of aryl methyl sites for hydroxylation is 1. The molecule has 0 saturated carbocycles. The van der Waals surface area contributed by atoms with E-state index in [1.54, 1.807) is 0 Å². The monoisotopic (exact) mass is 384 g/mol. The average Bonchev–Trinajstić information content (AvgIpc) is 2.78. The number of imidazole rings is 1. The molecule has 0 amide bonds. The second-order valence-electron chi connectivity index (χ2n) is 4.30. The molecule has 0 aliphatic carbocycles. The van der Waals surface area contributed by atoms with Crippen LogP contribution in [-0.2, 0) is 5.60 Å². The van der Waals surface area contributed by atoms with Gasteiger partial charge in [0.15, 0.2) is 18.2 Å². The van der Waals surface area contributed by atoms with Gasteiger partial charge < -0.3 is 5.11 Å². The number of nitrogens with zero attached hydrogens (tertiary/aromatic N) is 2. The Balaban J connectivity index is 2.71. The van der Waals surface area contributed by atoms with E-state index in [0.717, 1.165) is 18.3 Å². The molecule has 0 aliphatic rings. The Hall–Kier alpha value is -1.06. The highest BCUT2D eigenvalue weighted by molar-refractivity contribution is 9.10. The van der Waals surface area contributed by atoms with Crippen molar-refractivity contribution in [1.29, 1.82) is 0 Å². The molecule has 2 rings (SSSR count). The van der Waals surface area contributed by atoms with E-state index in [4.69, 9.17) is 0 Å². The molecular weight excluding hydrogens is 376 g/mol. The van der Waals surface area contributed by atoms with Crippen LogP contribution in [0, 0.1) is 6.92 Å². The Morgan fingerprint density at radius 1 is 1.24 bits per heavy atom. The number of rotatable bonds is 3. The molecule has 2 aromatic rings. The van der Waals surface area contributed by atoms with Gasteiger partial charge >= 0.3 is 6.18 Å². The Labute approximate surface area is 130 Å². The third kappa shape index (κ3) is 2.69. The third-order valence-corrected chi connectivity index (χ3v) is 4.08. The fourth-order valence-corrected chi connectivity index (χ4v) is 2.53. The molecule has 1 N–H and O–H groups in total. The highest BCUT2D eigenvalue weighted by Crippen LogP contribution is 2.44. The second-order valence-corrected chi connectivity index (χ2v) is 5.72. The topological polar surface area (TPSA) is 38.1 Å². The summed E-state index contributed by atoms with van der Waals surface area (Å²) in [6, 6.07) is 4.92. The smallest absolute Gasteiger partial charge is 0.370 e. The van der Waals surface area contributed by atoms with E-state index in [1.807, 2.05) is 0 Å². The van der Waals surface area contributed by atoms with Crippen LogP contribution in [0.1, 0.15) is 17.1 Å². The predicted molar refractivity (Wildman–Crippen MR) is 74.3 cm³/mol. The van der Waals surface area contributed by atoms with E-state index in [1.165, 1.54) is 19.1 Å². The van der Waals surface area contributed by atoms with Crippen molar-refractivity contribution in [2.75, 3.05) is 0 Å². The summed E-state index contributed by atoms with van der Waals surface area (Å²) < 4.78 is 54.5. The summed E-state index contributed by atoms with van der Waals surface area (Å²) >= 11 is 2.66. The lowest BCUT2D eigenvalue weighted by Crippen LogP contribution is -2.45. The molecule has 0 bridgehead atoms. The highest BCUT2D eigenvalue weighted by Gasteiger charge is 2.59. The van der Waals surface area contributed by atoms with E-state index in [2.05, 4.69) is 20.9 Å². The Bertz CT molecular complexity index is 644. The van der Waals surface area contributed by atoms with Gasteiger partial charge in [-0.25, -0.2) is 8.96 Å². The zero-order valence-electron chi connectivity index (χ0n) is 10.5. The van der Waals surface area contributed by atoms with Gasteiger partial charge in [-0.15, -0.1) is 3.89 Å². The summed E-state index contributed by atoms with van der Waals surface area (Å²) in [5.74, 6) is -0.831. The first kappa shape index (κ1) is 16.3. The number of hydrogen-bond acceptors (Lipinski definition) is 3. The quantitative estimate of drug-likeness (QED) is 0.808. The standard InChI is InChI=1S/C12H9BrF4N2OS/c1-7-6-18-10(19(7)21-17)11(20,12(14,15)16)8-2-4-9(13)5-3-8/h2-6,20H,1H3. The molecule has 1 aromatic carbocycles. The van der Waals surface area contributed by atoms with Crippen LogP contribution < -0.4 is 0 Å². The largest absolute Gasteiger partial charge is 0.428 e. The van der Waals surface area contributed by atoms with Crippen LogP contribution in [-0.4, -0.2) is 20.2 Å². The van der Waals surface area contributed by atoms with Gasteiger partial charge in [-0.2, -0.15) is 13.2 Å². The Morgan fingerprint density at radius 3 is 2.29 bits per heavy atom. The van der Waals surface area contributed by atoms with Crippen molar-refractivity contribution in [3.63, 3.8) is 0 Å². The first-order valence-electron chi connectivity index (χ1n) is 5.61. The minimum atomic E-state index is -5.06. The minimum absolute atomic E-state index is 0.150. The molecule has 1 unspecified atom stereocenters. The molecular formula is C12H9BrF4N2OS. The molecule has 1 heterocycles. The Morgan fingerprint density at radius 2 is 1.81 bits per heavy atom. The number of aromatic nitrogens is 2. The van der Waals surface area contributed by atoms with E-state index >= 15 is 0 Å². The molecule has 1 atom stereocenters. The van der Waals surface area contributed by atoms with E-state index in [-0.39, 0.29) is 5.69 Å². The molecule has 0 radical (unpaired) electrons. The summed E-state index contributed by atoms with van der Waals surface area (Å²) in [7, 11) is 0. The van der Waals surface area contributed by atoms with E-state index in [0.29, 0.717) is 8.45 Å². The second kappa shape index (κ2) is 5.62. The van der Waals surface area contributed by atoms with Crippen LogP contribution in [0.2, 0.25) is 0 Å². The summed E-state index contributed by atoms with van der Waals surface area (Å²) in [4.78, 5) is 3.54. The van der Waals surface area contributed by atoms with Gasteiger partial charge in [-0.3, -0.25) is 0 Å². The first-order valence-corrected chi connectivity index (χ1v) is 7.07. The van der Waals surface area contributed by atoms with Gasteiger partial charge in [-0.05, 0) is 19.1 Å². The van der Waals surface area contributed by atoms with Crippen LogP contribution in [0.25, 0.3) is 0 Å². The van der Waals surface area contributed by atoms with Crippen molar-refractivity contribution in [3.05, 3.63) is 52.0 Å². The highest BCUT2D eigenvalue weighted by atomic mass is 79.9. The fourth-order valence-electron chi connectivity index (χ4n) is 1.86. The molecule has 0 saturated heterocycles. The van der Waals surface area contributed by atoms with Gasteiger partial charge in [-0.1, -0.05) is 28.1 Å². The van der Waals surface area contributed by atoms with Crippen molar-refractivity contribution < 1.29 is 22.2 Å². The van der Waals surface area contributed by atoms with E-state index < -0.39 is 35.5 Å². The summed E-state index contributed by atoms with van der Waals surface area (Å²) in [5.41, 5.74) is -3.70. The van der Waals surface area contributed by atoms with Crippen molar-refractivity contribution in [1.82, 2.24) is 8.96 Å². The lowest BCUT2D eigenvalue weighted by Gasteiger charge is -2.30. The number of halogens is 5. The maximum Gasteiger partial charge on any atom is 0.428 e. The van der Waals surface area contributed by atoms with Crippen molar-refractivity contribution in [2.45, 2.75) is 18.7 Å². The molecule has 3 nitrogen and oxygen atoms in total. The molecule has 1 aromatic heterocycles. The fraction of sp³-hybridized carbons (Fsp3) is 0.250. The van der Waals surface area contributed by atoms with Gasteiger partial charge in [0.2, 0.25) is 5.60 Å². The summed E-state index contributed by atoms with van der Waals surface area (Å²) in [5, 5.41) is 10.3. The Kier molecular flexibility index (Phi) is 4.36. The first-order chi connectivity index (χ1) is 9.71. The van der Waals surface area contributed by atoms with Crippen LogP contribution >= 0.6 is 28.3 Å². The van der Waals surface area contributed by atoms with Gasteiger partial charge in [0.25, 0.3) is 0 Å². The maximum atomic E-state index is 13.5. The minimum Gasteiger partial charge on any atom is -0.370 e. The van der Waals surface area contributed by atoms with Gasteiger partial charge in [0, 0.05) is 21.9 Å².